The van der Waals surface area contributed by atoms with Crippen LogP contribution < -0.4 is 5.32 Å². The molecule has 2 atom stereocenters. The first-order valence-electron chi connectivity index (χ1n) is 6.53. The lowest BCUT2D eigenvalue weighted by Gasteiger charge is -2.29. The standard InChI is InChI=1S/C14H15BrN2O2S/c1-14-7-6-12(18)17(14)11(8-20-14)13(19)16-10-5-3-2-4-9(10)15/h2-5,11H,6-8H2,1H3,(H,16,19). The van der Waals surface area contributed by atoms with Gasteiger partial charge in [-0.15, -0.1) is 11.8 Å². The van der Waals surface area contributed by atoms with E-state index in [9.17, 15) is 9.59 Å². The van der Waals surface area contributed by atoms with Crippen LogP contribution >= 0.6 is 27.7 Å². The number of hydrogen-bond acceptors (Lipinski definition) is 3. The highest BCUT2D eigenvalue weighted by atomic mass is 79.9. The van der Waals surface area contributed by atoms with Gasteiger partial charge in [-0.3, -0.25) is 9.59 Å². The summed E-state index contributed by atoms with van der Waals surface area (Å²) in [6.45, 7) is 2.05. The van der Waals surface area contributed by atoms with Gasteiger partial charge in [0.25, 0.3) is 0 Å². The minimum absolute atomic E-state index is 0.0878. The molecule has 2 amide bonds. The summed E-state index contributed by atoms with van der Waals surface area (Å²) in [5, 5.41) is 2.91. The van der Waals surface area contributed by atoms with Crippen molar-refractivity contribution >= 4 is 45.2 Å². The third kappa shape index (κ3) is 2.24. The van der Waals surface area contributed by atoms with E-state index in [1.165, 1.54) is 0 Å². The van der Waals surface area contributed by atoms with Gasteiger partial charge in [-0.25, -0.2) is 0 Å². The van der Waals surface area contributed by atoms with Crippen molar-refractivity contribution in [3.05, 3.63) is 28.7 Å². The second kappa shape index (κ2) is 5.07. The first-order valence-corrected chi connectivity index (χ1v) is 8.31. The molecule has 1 aromatic rings. The van der Waals surface area contributed by atoms with Crippen molar-refractivity contribution < 1.29 is 9.59 Å². The normalized spacial score (nSPS) is 28.6. The SMILES string of the molecule is CC12CCC(=O)N1C(C(=O)Nc1ccccc1Br)CS2. The molecule has 1 aromatic carbocycles. The number of amides is 2. The van der Waals surface area contributed by atoms with Gasteiger partial charge in [-0.2, -0.15) is 0 Å². The number of halogens is 1. The fraction of sp³-hybridized carbons (Fsp3) is 0.429. The molecular formula is C14H15BrN2O2S. The minimum atomic E-state index is -0.368. The van der Waals surface area contributed by atoms with Crippen molar-refractivity contribution in [1.82, 2.24) is 4.90 Å². The fourth-order valence-corrected chi connectivity index (χ4v) is 4.61. The summed E-state index contributed by atoms with van der Waals surface area (Å²) < 4.78 is 0.842. The molecule has 0 aliphatic carbocycles. The van der Waals surface area contributed by atoms with E-state index in [2.05, 4.69) is 21.2 Å². The van der Waals surface area contributed by atoms with E-state index in [-0.39, 0.29) is 22.7 Å². The first kappa shape index (κ1) is 13.9. The Balaban J connectivity index is 1.79. The van der Waals surface area contributed by atoms with Gasteiger partial charge in [0.1, 0.15) is 6.04 Å². The maximum atomic E-state index is 12.5. The van der Waals surface area contributed by atoms with Crippen LogP contribution in [0.1, 0.15) is 19.8 Å². The lowest BCUT2D eigenvalue weighted by Crippen LogP contribution is -2.48. The quantitative estimate of drug-likeness (QED) is 0.888. The van der Waals surface area contributed by atoms with Crippen molar-refractivity contribution in [2.45, 2.75) is 30.7 Å². The Bertz CT molecular complexity index is 580. The van der Waals surface area contributed by atoms with E-state index in [4.69, 9.17) is 0 Å². The van der Waals surface area contributed by atoms with Crippen LogP contribution in [-0.2, 0) is 9.59 Å². The number of para-hydroxylation sites is 1. The molecule has 3 rings (SSSR count). The molecule has 0 bridgehead atoms. The second-order valence-corrected chi connectivity index (χ2v) is 7.59. The predicted molar refractivity (Wildman–Crippen MR) is 83.5 cm³/mol. The van der Waals surface area contributed by atoms with E-state index in [0.29, 0.717) is 12.2 Å². The Morgan fingerprint density at radius 2 is 2.25 bits per heavy atom. The summed E-state index contributed by atoms with van der Waals surface area (Å²) in [6, 6.07) is 7.12. The summed E-state index contributed by atoms with van der Waals surface area (Å²) >= 11 is 5.11. The van der Waals surface area contributed by atoms with Crippen LogP contribution in [-0.4, -0.2) is 33.4 Å². The maximum absolute atomic E-state index is 12.5. The molecule has 2 aliphatic rings. The summed E-state index contributed by atoms with van der Waals surface area (Å²) in [6.07, 6.45) is 1.37. The van der Waals surface area contributed by atoms with Crippen LogP contribution in [0.2, 0.25) is 0 Å². The van der Waals surface area contributed by atoms with Gasteiger partial charge in [-0.05, 0) is 41.4 Å². The van der Waals surface area contributed by atoms with E-state index in [1.54, 1.807) is 16.7 Å². The number of nitrogens with one attached hydrogen (secondary N) is 1. The monoisotopic (exact) mass is 354 g/mol. The van der Waals surface area contributed by atoms with Gasteiger partial charge in [0.2, 0.25) is 11.8 Å². The highest BCUT2D eigenvalue weighted by molar-refractivity contribution is 9.10. The average molecular weight is 355 g/mol. The Morgan fingerprint density at radius 1 is 1.50 bits per heavy atom. The molecule has 6 heteroatoms. The Kier molecular flexibility index (Phi) is 3.54. The lowest BCUT2D eigenvalue weighted by molar-refractivity contribution is -0.135. The van der Waals surface area contributed by atoms with Gasteiger partial charge in [-0.1, -0.05) is 12.1 Å². The zero-order valence-electron chi connectivity index (χ0n) is 11.1. The van der Waals surface area contributed by atoms with Gasteiger partial charge in [0.05, 0.1) is 10.6 Å². The van der Waals surface area contributed by atoms with Crippen LogP contribution in [0.25, 0.3) is 0 Å². The minimum Gasteiger partial charge on any atom is -0.323 e. The molecule has 2 fully saturated rings. The molecule has 4 nitrogen and oxygen atoms in total. The zero-order chi connectivity index (χ0) is 14.3. The Labute approximate surface area is 130 Å². The second-order valence-electron chi connectivity index (χ2n) is 5.23. The van der Waals surface area contributed by atoms with Crippen LogP contribution in [0.4, 0.5) is 5.69 Å². The number of benzene rings is 1. The van der Waals surface area contributed by atoms with Crippen LogP contribution in [0, 0.1) is 0 Å². The Hall–Kier alpha value is -1.01. The number of anilines is 1. The smallest absolute Gasteiger partial charge is 0.248 e. The molecule has 20 heavy (non-hydrogen) atoms. The number of thioether (sulfide) groups is 1. The summed E-state index contributed by atoms with van der Waals surface area (Å²) in [5.74, 6) is 0.645. The third-order valence-electron chi connectivity index (χ3n) is 3.88. The molecule has 0 radical (unpaired) electrons. The summed E-state index contributed by atoms with van der Waals surface area (Å²) in [4.78, 5) is 26.0. The number of nitrogens with zero attached hydrogens (tertiary/aromatic N) is 1. The van der Waals surface area contributed by atoms with Crippen molar-refractivity contribution in [2.24, 2.45) is 0 Å². The summed E-state index contributed by atoms with van der Waals surface area (Å²) in [5.41, 5.74) is 0.739. The van der Waals surface area contributed by atoms with E-state index < -0.39 is 0 Å². The van der Waals surface area contributed by atoms with Gasteiger partial charge in [0, 0.05) is 16.6 Å². The number of rotatable bonds is 2. The molecule has 0 spiro atoms. The summed E-state index contributed by atoms with van der Waals surface area (Å²) in [7, 11) is 0. The number of fused-ring (bicyclic) bond motifs is 1. The molecule has 1 N–H and O–H groups in total. The van der Waals surface area contributed by atoms with E-state index >= 15 is 0 Å². The molecule has 2 saturated heterocycles. The highest BCUT2D eigenvalue weighted by Gasteiger charge is 2.52. The van der Waals surface area contributed by atoms with Crippen LogP contribution in [0.3, 0.4) is 0 Å². The molecular weight excluding hydrogens is 340 g/mol. The largest absolute Gasteiger partial charge is 0.323 e. The van der Waals surface area contributed by atoms with Crippen LogP contribution in [0.5, 0.6) is 0 Å². The number of carbonyl (C=O) groups excluding carboxylic acids is 2. The Morgan fingerprint density at radius 3 is 3.00 bits per heavy atom. The topological polar surface area (TPSA) is 49.4 Å². The molecule has 106 valence electrons. The van der Waals surface area contributed by atoms with E-state index in [0.717, 1.165) is 16.6 Å². The van der Waals surface area contributed by atoms with Crippen LogP contribution in [0.15, 0.2) is 28.7 Å². The molecule has 2 unspecified atom stereocenters. The number of hydrogen-bond donors (Lipinski definition) is 1. The van der Waals surface area contributed by atoms with Gasteiger partial charge in [0.15, 0.2) is 0 Å². The van der Waals surface area contributed by atoms with Crippen molar-refractivity contribution in [3.8, 4) is 0 Å². The van der Waals surface area contributed by atoms with Crippen molar-refractivity contribution in [3.63, 3.8) is 0 Å². The highest BCUT2D eigenvalue weighted by Crippen LogP contribution is 2.47. The molecule has 0 aromatic heterocycles. The van der Waals surface area contributed by atoms with Crippen molar-refractivity contribution in [1.29, 1.82) is 0 Å². The average Bonchev–Trinajstić information content (AvgIpc) is 2.90. The predicted octanol–water partition coefficient (Wildman–Crippen LogP) is 2.84. The molecule has 2 aliphatic heterocycles. The third-order valence-corrected chi connectivity index (χ3v) is 6.08. The number of carbonyl (C=O) groups is 2. The lowest BCUT2D eigenvalue weighted by atomic mass is 10.2. The molecule has 2 heterocycles. The fourth-order valence-electron chi connectivity index (χ4n) is 2.79. The van der Waals surface area contributed by atoms with E-state index in [1.807, 2.05) is 31.2 Å². The van der Waals surface area contributed by atoms with Gasteiger partial charge >= 0.3 is 0 Å². The zero-order valence-corrected chi connectivity index (χ0v) is 13.5. The molecule has 0 saturated carbocycles. The van der Waals surface area contributed by atoms with Crippen molar-refractivity contribution in [2.75, 3.05) is 11.1 Å². The first-order chi connectivity index (χ1) is 9.51. The van der Waals surface area contributed by atoms with Gasteiger partial charge < -0.3 is 10.2 Å². The maximum Gasteiger partial charge on any atom is 0.248 e.